The molecule has 1 aliphatic heterocycles. The molecule has 0 radical (unpaired) electrons. The normalized spacial score (nSPS) is 17.0. The highest BCUT2D eigenvalue weighted by molar-refractivity contribution is 6.30. The van der Waals surface area contributed by atoms with Gasteiger partial charge in [0.2, 0.25) is 11.7 Å². The number of rotatable bonds is 4. The summed E-state index contributed by atoms with van der Waals surface area (Å²) in [4.78, 5) is 19.3. The Morgan fingerprint density at radius 2 is 2.00 bits per heavy atom. The van der Waals surface area contributed by atoms with Crippen molar-refractivity contribution in [2.45, 2.75) is 38.5 Å². The molecule has 29 heavy (non-hydrogen) atoms. The Morgan fingerprint density at radius 3 is 2.72 bits per heavy atom. The van der Waals surface area contributed by atoms with Crippen molar-refractivity contribution in [3.05, 3.63) is 70.6 Å². The Kier molecular flexibility index (Phi) is 5.67. The standard InChI is InChI=1S/C23H24ClN3O2/c1-15(2)16-8-10-17(11-9-16)21-25-22(29-26-21)19-6-4-12-27(14-19)23(28)18-5-3-7-20(24)13-18/h3,5,7-11,13,15,19H,4,6,12,14H2,1-2H3/t19-/m0/s1. The highest BCUT2D eigenvalue weighted by Gasteiger charge is 2.29. The Hall–Kier alpha value is -2.66. The second kappa shape index (κ2) is 8.37. The van der Waals surface area contributed by atoms with E-state index >= 15 is 0 Å². The van der Waals surface area contributed by atoms with Crippen LogP contribution >= 0.6 is 11.6 Å². The summed E-state index contributed by atoms with van der Waals surface area (Å²) in [5.74, 6) is 1.70. The molecule has 0 N–H and O–H groups in total. The topological polar surface area (TPSA) is 59.2 Å². The van der Waals surface area contributed by atoms with E-state index in [9.17, 15) is 4.79 Å². The van der Waals surface area contributed by atoms with E-state index in [4.69, 9.17) is 16.1 Å². The molecule has 0 spiro atoms. The molecular formula is C23H24ClN3O2. The Labute approximate surface area is 175 Å². The SMILES string of the molecule is CC(C)c1ccc(-c2noc([C@H]3CCCN(C(=O)c4cccc(Cl)c4)C3)n2)cc1. The number of likely N-dealkylation sites (tertiary alicyclic amines) is 1. The number of aromatic nitrogens is 2. The van der Waals surface area contributed by atoms with E-state index in [1.165, 1.54) is 5.56 Å². The molecule has 0 bridgehead atoms. The first-order valence-electron chi connectivity index (χ1n) is 10.00. The number of halogens is 1. The smallest absolute Gasteiger partial charge is 0.253 e. The van der Waals surface area contributed by atoms with Crippen LogP contribution in [0.15, 0.2) is 53.1 Å². The van der Waals surface area contributed by atoms with Crippen LogP contribution in [-0.2, 0) is 0 Å². The fraction of sp³-hybridized carbons (Fsp3) is 0.348. The molecule has 3 aromatic rings. The van der Waals surface area contributed by atoms with Crippen molar-refractivity contribution in [1.82, 2.24) is 15.0 Å². The minimum Gasteiger partial charge on any atom is -0.339 e. The second-order valence-corrected chi connectivity index (χ2v) is 8.27. The van der Waals surface area contributed by atoms with Gasteiger partial charge in [-0.15, -0.1) is 0 Å². The molecule has 4 rings (SSSR count). The van der Waals surface area contributed by atoms with Crippen LogP contribution in [0.5, 0.6) is 0 Å². The van der Waals surface area contributed by atoms with Gasteiger partial charge in [0, 0.05) is 29.2 Å². The average Bonchev–Trinajstić information content (AvgIpc) is 3.24. The molecule has 1 fully saturated rings. The van der Waals surface area contributed by atoms with Gasteiger partial charge in [-0.2, -0.15) is 4.98 Å². The van der Waals surface area contributed by atoms with Crippen LogP contribution in [0.3, 0.4) is 0 Å². The fourth-order valence-corrected chi connectivity index (χ4v) is 3.89. The zero-order valence-electron chi connectivity index (χ0n) is 16.6. The van der Waals surface area contributed by atoms with E-state index < -0.39 is 0 Å². The van der Waals surface area contributed by atoms with Gasteiger partial charge in [-0.1, -0.05) is 60.9 Å². The quantitative estimate of drug-likeness (QED) is 0.568. The summed E-state index contributed by atoms with van der Waals surface area (Å²) in [6.45, 7) is 5.63. The van der Waals surface area contributed by atoms with Crippen LogP contribution < -0.4 is 0 Å². The molecule has 0 saturated carbocycles. The molecule has 150 valence electrons. The molecule has 5 nitrogen and oxygen atoms in total. The summed E-state index contributed by atoms with van der Waals surface area (Å²) in [5, 5.41) is 4.73. The number of amides is 1. The Morgan fingerprint density at radius 1 is 1.21 bits per heavy atom. The fourth-order valence-electron chi connectivity index (χ4n) is 3.70. The van der Waals surface area contributed by atoms with Crippen LogP contribution in [0.1, 0.15) is 60.3 Å². The monoisotopic (exact) mass is 409 g/mol. The van der Waals surface area contributed by atoms with Crippen LogP contribution in [0.25, 0.3) is 11.4 Å². The number of piperidine rings is 1. The predicted octanol–water partition coefficient (Wildman–Crippen LogP) is 5.53. The van der Waals surface area contributed by atoms with Gasteiger partial charge in [0.25, 0.3) is 5.91 Å². The zero-order valence-corrected chi connectivity index (χ0v) is 17.4. The van der Waals surface area contributed by atoms with Crippen LogP contribution in [0, 0.1) is 0 Å². The zero-order chi connectivity index (χ0) is 20.4. The highest BCUT2D eigenvalue weighted by Crippen LogP contribution is 2.29. The minimum atomic E-state index is -0.0128. The number of carbonyl (C=O) groups is 1. The molecule has 2 heterocycles. The molecule has 1 saturated heterocycles. The van der Waals surface area contributed by atoms with Gasteiger partial charge < -0.3 is 9.42 Å². The van der Waals surface area contributed by atoms with Crippen molar-refractivity contribution in [1.29, 1.82) is 0 Å². The third-order valence-electron chi connectivity index (χ3n) is 5.41. The van der Waals surface area contributed by atoms with Gasteiger partial charge in [-0.3, -0.25) is 4.79 Å². The minimum absolute atomic E-state index is 0.0128. The van der Waals surface area contributed by atoms with E-state index in [1.54, 1.807) is 24.3 Å². The van der Waals surface area contributed by atoms with Gasteiger partial charge in [0.05, 0.1) is 5.92 Å². The van der Waals surface area contributed by atoms with Crippen molar-refractivity contribution in [2.24, 2.45) is 0 Å². The first-order chi connectivity index (χ1) is 14.0. The summed E-state index contributed by atoms with van der Waals surface area (Å²) in [6, 6.07) is 15.3. The third kappa shape index (κ3) is 4.35. The molecule has 1 aromatic heterocycles. The third-order valence-corrected chi connectivity index (χ3v) is 5.64. The van der Waals surface area contributed by atoms with Gasteiger partial charge in [0.1, 0.15) is 0 Å². The van der Waals surface area contributed by atoms with Crippen LogP contribution in [0.4, 0.5) is 0 Å². The number of hydrogen-bond donors (Lipinski definition) is 0. The van der Waals surface area contributed by atoms with Crippen molar-refractivity contribution < 1.29 is 9.32 Å². The lowest BCUT2D eigenvalue weighted by Gasteiger charge is -2.31. The average molecular weight is 410 g/mol. The van der Waals surface area contributed by atoms with Crippen LogP contribution in [-0.4, -0.2) is 34.0 Å². The van der Waals surface area contributed by atoms with E-state index in [-0.39, 0.29) is 11.8 Å². The molecule has 1 atom stereocenters. The molecular weight excluding hydrogens is 386 g/mol. The van der Waals surface area contributed by atoms with Crippen molar-refractivity contribution in [2.75, 3.05) is 13.1 Å². The highest BCUT2D eigenvalue weighted by atomic mass is 35.5. The number of hydrogen-bond acceptors (Lipinski definition) is 4. The lowest BCUT2D eigenvalue weighted by molar-refractivity contribution is 0.0695. The lowest BCUT2D eigenvalue weighted by Crippen LogP contribution is -2.39. The first-order valence-corrected chi connectivity index (χ1v) is 10.4. The van der Waals surface area contributed by atoms with Crippen LogP contribution in [0.2, 0.25) is 5.02 Å². The van der Waals surface area contributed by atoms with E-state index in [2.05, 4.69) is 36.1 Å². The summed E-state index contributed by atoms with van der Waals surface area (Å²) in [6.07, 6.45) is 1.82. The van der Waals surface area contributed by atoms with Gasteiger partial charge in [0.15, 0.2) is 0 Å². The Balaban J connectivity index is 1.48. The van der Waals surface area contributed by atoms with Crippen molar-refractivity contribution >= 4 is 17.5 Å². The first kappa shape index (κ1) is 19.6. The summed E-state index contributed by atoms with van der Waals surface area (Å²) < 4.78 is 5.57. The molecule has 1 amide bonds. The summed E-state index contributed by atoms with van der Waals surface area (Å²) in [5.41, 5.74) is 2.82. The van der Waals surface area contributed by atoms with E-state index in [0.29, 0.717) is 34.8 Å². The Bertz CT molecular complexity index is 997. The second-order valence-electron chi connectivity index (χ2n) is 7.83. The molecule has 1 aliphatic rings. The predicted molar refractivity (Wildman–Crippen MR) is 113 cm³/mol. The summed E-state index contributed by atoms with van der Waals surface area (Å²) in [7, 11) is 0. The van der Waals surface area contributed by atoms with Gasteiger partial charge in [-0.25, -0.2) is 0 Å². The largest absolute Gasteiger partial charge is 0.339 e. The van der Waals surface area contributed by atoms with Gasteiger partial charge >= 0.3 is 0 Å². The number of carbonyl (C=O) groups excluding carboxylic acids is 1. The molecule has 0 unspecified atom stereocenters. The maximum atomic E-state index is 12.8. The van der Waals surface area contributed by atoms with Crippen molar-refractivity contribution in [3.63, 3.8) is 0 Å². The molecule has 0 aliphatic carbocycles. The lowest BCUT2D eigenvalue weighted by atomic mass is 9.97. The molecule has 6 heteroatoms. The van der Waals surface area contributed by atoms with Crippen molar-refractivity contribution in [3.8, 4) is 11.4 Å². The molecule has 2 aromatic carbocycles. The summed E-state index contributed by atoms with van der Waals surface area (Å²) >= 11 is 6.04. The number of nitrogens with zero attached hydrogens (tertiary/aromatic N) is 3. The number of benzene rings is 2. The van der Waals surface area contributed by atoms with E-state index in [0.717, 1.165) is 24.9 Å². The maximum Gasteiger partial charge on any atom is 0.253 e. The maximum absolute atomic E-state index is 12.8. The van der Waals surface area contributed by atoms with Gasteiger partial charge in [-0.05, 0) is 42.5 Å². The van der Waals surface area contributed by atoms with E-state index in [1.807, 2.05) is 17.0 Å².